The lowest BCUT2D eigenvalue weighted by atomic mass is 10.0. The maximum absolute atomic E-state index is 12.5. The Kier molecular flexibility index (Phi) is 8.10. The molecule has 0 aliphatic carbocycles. The van der Waals surface area contributed by atoms with Gasteiger partial charge in [-0.05, 0) is 61.3 Å². The van der Waals surface area contributed by atoms with Gasteiger partial charge in [-0.15, -0.1) is 12.4 Å². The molecule has 3 rings (SSSR count). The minimum atomic E-state index is -0.0549. The number of likely N-dealkylation sites (tertiary alicyclic amines) is 1. The van der Waals surface area contributed by atoms with Crippen LogP contribution in [0.15, 0.2) is 48.5 Å². The standard InChI is InChI=1S/C21H27N3O2.ClH/c1-26-19-6-4-5-18(13-19)20(24-11-2-3-12-24)15-23-21(25)17-9-7-16(14-22)8-10-17;/h4-10,13,20H,2-3,11-12,14-15,22H2,1H3,(H,23,25);1H. The molecule has 5 nitrogen and oxygen atoms in total. The van der Waals surface area contributed by atoms with E-state index in [4.69, 9.17) is 10.5 Å². The van der Waals surface area contributed by atoms with Gasteiger partial charge >= 0.3 is 0 Å². The van der Waals surface area contributed by atoms with Gasteiger partial charge in [-0.2, -0.15) is 0 Å². The Hall–Kier alpha value is -2.08. The zero-order valence-electron chi connectivity index (χ0n) is 15.7. The quantitative estimate of drug-likeness (QED) is 0.763. The van der Waals surface area contributed by atoms with E-state index in [-0.39, 0.29) is 24.4 Å². The number of methoxy groups -OCH3 is 1. The Morgan fingerprint density at radius 2 is 1.89 bits per heavy atom. The predicted octanol–water partition coefficient (Wildman–Crippen LogP) is 3.14. The molecule has 2 aromatic carbocycles. The van der Waals surface area contributed by atoms with E-state index in [0.29, 0.717) is 18.7 Å². The highest BCUT2D eigenvalue weighted by Crippen LogP contribution is 2.27. The molecular formula is C21H28ClN3O2. The molecule has 6 heteroatoms. The van der Waals surface area contributed by atoms with Crippen LogP contribution in [0.3, 0.4) is 0 Å². The van der Waals surface area contributed by atoms with Gasteiger partial charge in [-0.25, -0.2) is 0 Å². The zero-order valence-corrected chi connectivity index (χ0v) is 16.5. The Labute approximate surface area is 167 Å². The molecule has 27 heavy (non-hydrogen) atoms. The summed E-state index contributed by atoms with van der Waals surface area (Å²) < 4.78 is 5.37. The van der Waals surface area contributed by atoms with Crippen molar-refractivity contribution < 1.29 is 9.53 Å². The molecule has 1 atom stereocenters. The molecular weight excluding hydrogens is 362 g/mol. The normalized spacial score (nSPS) is 15.0. The van der Waals surface area contributed by atoms with Crippen LogP contribution in [-0.4, -0.2) is 37.6 Å². The summed E-state index contributed by atoms with van der Waals surface area (Å²) in [5.74, 6) is 0.788. The zero-order chi connectivity index (χ0) is 18.4. The molecule has 1 unspecified atom stereocenters. The van der Waals surface area contributed by atoms with Crippen LogP contribution in [0.4, 0.5) is 0 Å². The fraction of sp³-hybridized carbons (Fsp3) is 0.381. The maximum Gasteiger partial charge on any atom is 0.251 e. The van der Waals surface area contributed by atoms with Crippen LogP contribution in [0, 0.1) is 0 Å². The van der Waals surface area contributed by atoms with Gasteiger partial charge in [0.05, 0.1) is 13.2 Å². The van der Waals surface area contributed by atoms with Crippen molar-refractivity contribution in [1.82, 2.24) is 10.2 Å². The predicted molar refractivity (Wildman–Crippen MR) is 110 cm³/mol. The highest BCUT2D eigenvalue weighted by atomic mass is 35.5. The number of halogens is 1. The third kappa shape index (κ3) is 5.45. The second-order valence-electron chi connectivity index (χ2n) is 6.65. The minimum absolute atomic E-state index is 0. The molecule has 0 radical (unpaired) electrons. The van der Waals surface area contributed by atoms with Gasteiger partial charge < -0.3 is 15.8 Å². The first-order valence-corrected chi connectivity index (χ1v) is 9.16. The van der Waals surface area contributed by atoms with E-state index in [1.54, 1.807) is 7.11 Å². The summed E-state index contributed by atoms with van der Waals surface area (Å²) in [6, 6.07) is 15.7. The molecule has 0 bridgehead atoms. The highest BCUT2D eigenvalue weighted by Gasteiger charge is 2.24. The van der Waals surface area contributed by atoms with Crippen LogP contribution >= 0.6 is 12.4 Å². The van der Waals surface area contributed by atoms with Crippen molar-refractivity contribution in [3.05, 3.63) is 65.2 Å². The van der Waals surface area contributed by atoms with Crippen LogP contribution in [0.2, 0.25) is 0 Å². The summed E-state index contributed by atoms with van der Waals surface area (Å²) in [5, 5.41) is 3.10. The first kappa shape index (κ1) is 21.2. The van der Waals surface area contributed by atoms with Gasteiger partial charge in [0.2, 0.25) is 0 Å². The van der Waals surface area contributed by atoms with Crippen molar-refractivity contribution >= 4 is 18.3 Å². The van der Waals surface area contributed by atoms with E-state index in [9.17, 15) is 4.79 Å². The third-order valence-corrected chi connectivity index (χ3v) is 4.97. The van der Waals surface area contributed by atoms with Crippen molar-refractivity contribution in [1.29, 1.82) is 0 Å². The molecule has 3 N–H and O–H groups in total. The average molecular weight is 390 g/mol. The third-order valence-electron chi connectivity index (χ3n) is 4.97. The smallest absolute Gasteiger partial charge is 0.251 e. The number of hydrogen-bond acceptors (Lipinski definition) is 4. The number of hydrogen-bond donors (Lipinski definition) is 2. The van der Waals surface area contributed by atoms with Gasteiger partial charge in [-0.3, -0.25) is 9.69 Å². The maximum atomic E-state index is 12.5. The van der Waals surface area contributed by atoms with Crippen LogP contribution in [-0.2, 0) is 6.54 Å². The van der Waals surface area contributed by atoms with Crippen molar-refractivity contribution in [2.45, 2.75) is 25.4 Å². The van der Waals surface area contributed by atoms with Gasteiger partial charge in [0, 0.05) is 18.7 Å². The lowest BCUT2D eigenvalue weighted by Crippen LogP contribution is -2.36. The number of nitrogens with two attached hydrogens (primary N) is 1. The molecule has 0 aromatic heterocycles. The molecule has 1 aliphatic heterocycles. The number of rotatable bonds is 7. The largest absolute Gasteiger partial charge is 0.497 e. The fourth-order valence-corrected chi connectivity index (χ4v) is 3.44. The van der Waals surface area contributed by atoms with Gasteiger partial charge in [0.25, 0.3) is 5.91 Å². The van der Waals surface area contributed by atoms with E-state index in [1.807, 2.05) is 36.4 Å². The first-order valence-electron chi connectivity index (χ1n) is 9.16. The van der Waals surface area contributed by atoms with Crippen molar-refractivity contribution in [2.75, 3.05) is 26.7 Å². The lowest BCUT2D eigenvalue weighted by Gasteiger charge is -2.28. The second kappa shape index (κ2) is 10.3. The minimum Gasteiger partial charge on any atom is -0.497 e. The summed E-state index contributed by atoms with van der Waals surface area (Å²) in [6.07, 6.45) is 2.41. The number of nitrogens with one attached hydrogen (secondary N) is 1. The number of ether oxygens (including phenoxy) is 1. The topological polar surface area (TPSA) is 67.6 Å². The molecule has 1 heterocycles. The van der Waals surface area contributed by atoms with Crippen LogP contribution in [0.25, 0.3) is 0 Å². The van der Waals surface area contributed by atoms with Gasteiger partial charge in [0.1, 0.15) is 5.75 Å². The summed E-state index contributed by atoms with van der Waals surface area (Å²) in [7, 11) is 1.68. The molecule has 0 saturated carbocycles. The number of amides is 1. The van der Waals surface area contributed by atoms with Crippen LogP contribution < -0.4 is 15.8 Å². The number of benzene rings is 2. The van der Waals surface area contributed by atoms with E-state index >= 15 is 0 Å². The Balaban J connectivity index is 0.00000261. The SMILES string of the molecule is COc1cccc(C(CNC(=O)c2ccc(CN)cc2)N2CCCC2)c1.Cl. The lowest BCUT2D eigenvalue weighted by molar-refractivity contribution is 0.0938. The molecule has 2 aromatic rings. The number of carbonyl (C=O) groups is 1. The molecule has 0 spiro atoms. The van der Waals surface area contributed by atoms with Crippen molar-refractivity contribution in [3.63, 3.8) is 0 Å². The second-order valence-corrected chi connectivity index (χ2v) is 6.65. The summed E-state index contributed by atoms with van der Waals surface area (Å²) >= 11 is 0. The van der Waals surface area contributed by atoms with Crippen molar-refractivity contribution in [3.8, 4) is 5.75 Å². The van der Waals surface area contributed by atoms with Crippen LogP contribution in [0.1, 0.15) is 40.4 Å². The van der Waals surface area contributed by atoms with E-state index in [1.165, 1.54) is 18.4 Å². The monoisotopic (exact) mass is 389 g/mol. The van der Waals surface area contributed by atoms with Gasteiger partial charge in [-0.1, -0.05) is 24.3 Å². The highest BCUT2D eigenvalue weighted by molar-refractivity contribution is 5.94. The van der Waals surface area contributed by atoms with Gasteiger partial charge in [0.15, 0.2) is 0 Å². The van der Waals surface area contributed by atoms with E-state index < -0.39 is 0 Å². The average Bonchev–Trinajstić information content (AvgIpc) is 3.22. The molecule has 1 fully saturated rings. The molecule has 1 amide bonds. The fourth-order valence-electron chi connectivity index (χ4n) is 3.44. The summed E-state index contributed by atoms with van der Waals surface area (Å²) in [6.45, 7) is 3.17. The first-order chi connectivity index (χ1) is 12.7. The Bertz CT molecular complexity index is 730. The molecule has 146 valence electrons. The molecule has 1 aliphatic rings. The van der Waals surface area contributed by atoms with Crippen molar-refractivity contribution in [2.24, 2.45) is 5.73 Å². The van der Waals surface area contributed by atoms with E-state index in [0.717, 1.165) is 24.4 Å². The van der Waals surface area contributed by atoms with E-state index in [2.05, 4.69) is 22.3 Å². The van der Waals surface area contributed by atoms with Crippen LogP contribution in [0.5, 0.6) is 5.75 Å². The number of carbonyl (C=O) groups excluding carboxylic acids is 1. The summed E-state index contributed by atoms with van der Waals surface area (Å²) in [5.41, 5.74) is 8.47. The Morgan fingerprint density at radius 1 is 1.19 bits per heavy atom. The Morgan fingerprint density at radius 3 is 2.52 bits per heavy atom. The molecule has 1 saturated heterocycles. The number of nitrogens with zero attached hydrogens (tertiary/aromatic N) is 1. The summed E-state index contributed by atoms with van der Waals surface area (Å²) in [4.78, 5) is 15.0.